The van der Waals surface area contributed by atoms with E-state index in [2.05, 4.69) is 0 Å². The first-order valence-corrected chi connectivity index (χ1v) is 9.10. The molecule has 1 aliphatic rings. The Hall–Kier alpha value is -1.24. The third kappa shape index (κ3) is 6.25. The van der Waals surface area contributed by atoms with Crippen molar-refractivity contribution in [1.82, 2.24) is 9.80 Å². The number of hydrogen-bond donors (Lipinski definition) is 1. The lowest BCUT2D eigenvalue weighted by Crippen LogP contribution is -2.43. The van der Waals surface area contributed by atoms with Crippen LogP contribution in [0, 0.1) is 0 Å². The van der Waals surface area contributed by atoms with Gasteiger partial charge < -0.3 is 14.9 Å². The molecule has 0 aromatic rings. The summed E-state index contributed by atoms with van der Waals surface area (Å²) in [7, 11) is 0. The van der Waals surface area contributed by atoms with E-state index in [1.54, 1.807) is 11.8 Å². The number of likely N-dealkylation sites (tertiary alicyclic amines) is 1. The molecule has 1 heterocycles. The lowest BCUT2D eigenvalue weighted by Gasteiger charge is -2.28. The molecule has 1 aliphatic heterocycles. The lowest BCUT2D eigenvalue weighted by molar-refractivity contribution is -0.145. The first-order chi connectivity index (χ1) is 10.5. The quantitative estimate of drug-likeness (QED) is 0.715. The van der Waals surface area contributed by atoms with Gasteiger partial charge in [0.05, 0.1) is 0 Å². The van der Waals surface area contributed by atoms with E-state index in [1.165, 1.54) is 11.8 Å². The molecular weight excluding hydrogens is 304 g/mol. The Morgan fingerprint density at radius 2 is 2.00 bits per heavy atom. The van der Waals surface area contributed by atoms with Crippen LogP contribution >= 0.6 is 11.8 Å². The minimum Gasteiger partial charge on any atom is -0.480 e. The van der Waals surface area contributed by atoms with E-state index in [0.29, 0.717) is 25.9 Å². The summed E-state index contributed by atoms with van der Waals surface area (Å²) in [5.74, 6) is -0.0576. The number of thioether (sulfide) groups is 1. The fourth-order valence-electron chi connectivity index (χ4n) is 2.81. The van der Waals surface area contributed by atoms with Crippen LogP contribution in [0.1, 0.15) is 39.0 Å². The van der Waals surface area contributed by atoms with Crippen LogP contribution in [0.3, 0.4) is 0 Å². The lowest BCUT2D eigenvalue weighted by atomic mass is 10.1. The van der Waals surface area contributed by atoms with Crippen molar-refractivity contribution < 1.29 is 19.5 Å². The molecule has 7 heteroatoms. The third-order valence-corrected chi connectivity index (χ3v) is 4.64. The molecule has 2 amide bonds. The smallest absolute Gasteiger partial charge is 0.323 e. The van der Waals surface area contributed by atoms with Crippen LogP contribution in [0.5, 0.6) is 0 Å². The van der Waals surface area contributed by atoms with Gasteiger partial charge in [-0.3, -0.25) is 14.4 Å². The molecule has 1 atom stereocenters. The molecule has 1 saturated heterocycles. The number of carbonyl (C=O) groups is 3. The van der Waals surface area contributed by atoms with Gasteiger partial charge in [0.2, 0.25) is 11.8 Å². The molecule has 1 rings (SSSR count). The molecule has 0 radical (unpaired) electrons. The summed E-state index contributed by atoms with van der Waals surface area (Å²) >= 11 is 1.74. The first kappa shape index (κ1) is 18.8. The number of carboxylic acid groups (broad SMARTS) is 1. The topological polar surface area (TPSA) is 77.9 Å². The van der Waals surface area contributed by atoms with Gasteiger partial charge in [-0.15, -0.1) is 0 Å². The van der Waals surface area contributed by atoms with Crippen LogP contribution < -0.4 is 0 Å². The zero-order valence-electron chi connectivity index (χ0n) is 13.4. The van der Waals surface area contributed by atoms with Gasteiger partial charge in [0.15, 0.2) is 0 Å². The summed E-state index contributed by atoms with van der Waals surface area (Å²) in [6.07, 6.45) is 5.69. The normalized spacial score (nSPS) is 18.6. The van der Waals surface area contributed by atoms with E-state index < -0.39 is 5.97 Å². The minimum atomic E-state index is -0.996. The molecule has 1 fully saturated rings. The summed E-state index contributed by atoms with van der Waals surface area (Å²) < 4.78 is 0. The molecule has 0 aliphatic carbocycles. The molecular formula is C15H26N2O4S. The van der Waals surface area contributed by atoms with Crippen LogP contribution in [0.2, 0.25) is 0 Å². The predicted molar refractivity (Wildman–Crippen MR) is 86.9 cm³/mol. The predicted octanol–water partition coefficient (Wildman–Crippen LogP) is 1.44. The average Bonchev–Trinajstić information content (AvgIpc) is 2.70. The molecule has 1 N–H and O–H groups in total. The maximum atomic E-state index is 12.2. The molecule has 6 nitrogen and oxygen atoms in total. The standard InChI is InChI=1S/C15H26N2O4S/c1-12(18)17(11-15(20)21)13-5-3-8-16(9-7-13)14(19)6-4-10-22-2/h13H,3-11H2,1-2H3,(H,20,21)/t13-/m0/s1. The van der Waals surface area contributed by atoms with Gasteiger partial charge in [0.25, 0.3) is 0 Å². The van der Waals surface area contributed by atoms with Gasteiger partial charge >= 0.3 is 5.97 Å². The van der Waals surface area contributed by atoms with Crippen molar-refractivity contribution in [3.63, 3.8) is 0 Å². The number of aliphatic carboxylic acids is 1. The van der Waals surface area contributed by atoms with Gasteiger partial charge in [-0.1, -0.05) is 0 Å². The monoisotopic (exact) mass is 330 g/mol. The Kier molecular flexibility index (Phi) is 8.30. The van der Waals surface area contributed by atoms with E-state index in [9.17, 15) is 14.4 Å². The van der Waals surface area contributed by atoms with E-state index >= 15 is 0 Å². The second-order valence-electron chi connectivity index (χ2n) is 5.60. The third-order valence-electron chi connectivity index (χ3n) is 3.94. The largest absolute Gasteiger partial charge is 0.480 e. The van der Waals surface area contributed by atoms with Gasteiger partial charge in [-0.25, -0.2) is 0 Å². The Morgan fingerprint density at radius 3 is 2.59 bits per heavy atom. The number of hydrogen-bond acceptors (Lipinski definition) is 4. The maximum absolute atomic E-state index is 12.2. The number of amides is 2. The molecule has 0 bridgehead atoms. The summed E-state index contributed by atoms with van der Waals surface area (Å²) in [5.41, 5.74) is 0. The Labute approximate surface area is 136 Å². The van der Waals surface area contributed by atoms with E-state index in [-0.39, 0.29) is 24.4 Å². The van der Waals surface area contributed by atoms with Crippen molar-refractivity contribution in [2.75, 3.05) is 31.6 Å². The van der Waals surface area contributed by atoms with Gasteiger partial charge in [-0.05, 0) is 37.7 Å². The first-order valence-electron chi connectivity index (χ1n) is 7.71. The summed E-state index contributed by atoms with van der Waals surface area (Å²) in [5, 5.41) is 8.93. The number of nitrogens with zero attached hydrogens (tertiary/aromatic N) is 2. The zero-order chi connectivity index (χ0) is 16.5. The van der Waals surface area contributed by atoms with Crippen LogP contribution in [-0.4, -0.2) is 70.4 Å². The molecule has 0 saturated carbocycles. The molecule has 22 heavy (non-hydrogen) atoms. The molecule has 0 unspecified atom stereocenters. The SMILES string of the molecule is CSCCCC(=O)N1CCC[C@H](N(CC(=O)O)C(C)=O)CC1. The maximum Gasteiger partial charge on any atom is 0.323 e. The van der Waals surface area contributed by atoms with Gasteiger partial charge in [0, 0.05) is 32.5 Å². The second kappa shape index (κ2) is 9.71. The molecule has 0 aromatic carbocycles. The highest BCUT2D eigenvalue weighted by Gasteiger charge is 2.27. The second-order valence-corrected chi connectivity index (χ2v) is 6.59. The molecule has 126 valence electrons. The number of carbonyl (C=O) groups excluding carboxylic acids is 2. The van der Waals surface area contributed by atoms with Crippen molar-refractivity contribution in [3.8, 4) is 0 Å². The Balaban J connectivity index is 2.54. The van der Waals surface area contributed by atoms with Crippen molar-refractivity contribution in [2.45, 2.75) is 45.1 Å². The molecule has 0 aromatic heterocycles. The Bertz CT molecular complexity index is 403. The zero-order valence-corrected chi connectivity index (χ0v) is 14.2. The highest BCUT2D eigenvalue weighted by molar-refractivity contribution is 7.98. The van der Waals surface area contributed by atoms with Crippen LogP contribution in [-0.2, 0) is 14.4 Å². The fraction of sp³-hybridized carbons (Fsp3) is 0.800. The van der Waals surface area contributed by atoms with Crippen LogP contribution in [0.4, 0.5) is 0 Å². The fourth-order valence-corrected chi connectivity index (χ4v) is 3.24. The average molecular weight is 330 g/mol. The number of rotatable bonds is 7. The highest BCUT2D eigenvalue weighted by Crippen LogP contribution is 2.18. The van der Waals surface area contributed by atoms with E-state index in [0.717, 1.165) is 25.0 Å². The van der Waals surface area contributed by atoms with Crippen molar-refractivity contribution >= 4 is 29.5 Å². The summed E-state index contributed by atoms with van der Waals surface area (Å²) in [6.45, 7) is 2.44. The van der Waals surface area contributed by atoms with E-state index in [4.69, 9.17) is 5.11 Å². The van der Waals surface area contributed by atoms with Gasteiger partial charge in [0.1, 0.15) is 6.54 Å². The van der Waals surface area contributed by atoms with Crippen molar-refractivity contribution in [1.29, 1.82) is 0 Å². The summed E-state index contributed by atoms with van der Waals surface area (Å²) in [6, 6.07) is -0.0856. The minimum absolute atomic E-state index is 0.0856. The van der Waals surface area contributed by atoms with Crippen LogP contribution in [0.25, 0.3) is 0 Å². The number of carboxylic acids is 1. The van der Waals surface area contributed by atoms with Crippen molar-refractivity contribution in [2.24, 2.45) is 0 Å². The van der Waals surface area contributed by atoms with Crippen molar-refractivity contribution in [3.05, 3.63) is 0 Å². The Morgan fingerprint density at radius 1 is 1.27 bits per heavy atom. The van der Waals surface area contributed by atoms with E-state index in [1.807, 2.05) is 11.2 Å². The highest BCUT2D eigenvalue weighted by atomic mass is 32.2. The van der Waals surface area contributed by atoms with Gasteiger partial charge in [-0.2, -0.15) is 11.8 Å². The van der Waals surface area contributed by atoms with Crippen LogP contribution in [0.15, 0.2) is 0 Å². The summed E-state index contributed by atoms with van der Waals surface area (Å²) in [4.78, 5) is 38.0. The molecule has 0 spiro atoms.